The Labute approximate surface area is 156 Å². The Balaban J connectivity index is 1.77. The Kier molecular flexibility index (Phi) is 5.43. The number of nitrogens with zero attached hydrogens (tertiary/aromatic N) is 1. The van der Waals surface area contributed by atoms with Crippen LogP contribution >= 0.6 is 11.3 Å². The first kappa shape index (κ1) is 18.2. The van der Waals surface area contributed by atoms with Gasteiger partial charge in [-0.15, -0.1) is 11.3 Å². The number of nitrogens with two attached hydrogens (primary N) is 1. The molecular weight excluding hydrogens is 352 g/mol. The molecule has 0 radical (unpaired) electrons. The van der Waals surface area contributed by atoms with Gasteiger partial charge in [-0.2, -0.15) is 0 Å². The highest BCUT2D eigenvalue weighted by Crippen LogP contribution is 2.36. The summed E-state index contributed by atoms with van der Waals surface area (Å²) >= 11 is 1.42. The molecule has 0 fully saturated rings. The van der Waals surface area contributed by atoms with Crippen molar-refractivity contribution < 1.29 is 14.3 Å². The Bertz CT molecular complexity index is 817. The third kappa shape index (κ3) is 3.81. The van der Waals surface area contributed by atoms with Crippen LogP contribution in [0.2, 0.25) is 0 Å². The van der Waals surface area contributed by atoms with Crippen LogP contribution in [0.5, 0.6) is 5.75 Å². The Morgan fingerprint density at radius 3 is 2.62 bits per heavy atom. The number of thiophene rings is 1. The SMILES string of the molecule is CCN1CCc2c(sc(NC(=O)Nc3ccc(OC)cc3)c2C(N)=O)C1. The number of nitrogens with one attached hydrogen (secondary N) is 2. The minimum Gasteiger partial charge on any atom is -0.497 e. The van der Waals surface area contributed by atoms with Gasteiger partial charge in [0.2, 0.25) is 0 Å². The number of anilines is 2. The van der Waals surface area contributed by atoms with E-state index in [1.807, 2.05) is 0 Å². The number of hydrogen-bond donors (Lipinski definition) is 3. The molecule has 0 aliphatic carbocycles. The molecule has 2 heterocycles. The summed E-state index contributed by atoms with van der Waals surface area (Å²) in [6.07, 6.45) is 0.764. The number of benzene rings is 1. The molecule has 0 spiro atoms. The van der Waals surface area contributed by atoms with Gasteiger partial charge in [0.05, 0.1) is 12.7 Å². The van der Waals surface area contributed by atoms with Crippen LogP contribution in [0.4, 0.5) is 15.5 Å². The number of likely N-dealkylation sites (N-methyl/N-ethyl adjacent to an activating group) is 1. The van der Waals surface area contributed by atoms with E-state index in [-0.39, 0.29) is 0 Å². The highest BCUT2D eigenvalue weighted by Gasteiger charge is 2.27. The average molecular weight is 374 g/mol. The van der Waals surface area contributed by atoms with E-state index in [1.54, 1.807) is 31.4 Å². The zero-order chi connectivity index (χ0) is 18.7. The van der Waals surface area contributed by atoms with Crippen molar-refractivity contribution in [1.29, 1.82) is 0 Å². The fourth-order valence-corrected chi connectivity index (χ4v) is 4.31. The van der Waals surface area contributed by atoms with Gasteiger partial charge in [-0.1, -0.05) is 6.92 Å². The van der Waals surface area contributed by atoms with Gasteiger partial charge in [0.1, 0.15) is 10.8 Å². The van der Waals surface area contributed by atoms with Crippen molar-refractivity contribution in [3.8, 4) is 5.75 Å². The van der Waals surface area contributed by atoms with Crippen LogP contribution in [-0.4, -0.2) is 37.0 Å². The highest BCUT2D eigenvalue weighted by molar-refractivity contribution is 7.17. The minimum atomic E-state index is -0.507. The van der Waals surface area contributed by atoms with Gasteiger partial charge in [-0.05, 0) is 42.8 Å². The summed E-state index contributed by atoms with van der Waals surface area (Å²) in [5, 5.41) is 6.03. The second kappa shape index (κ2) is 7.76. The predicted molar refractivity (Wildman–Crippen MR) is 103 cm³/mol. The second-order valence-electron chi connectivity index (χ2n) is 6.00. The lowest BCUT2D eigenvalue weighted by Gasteiger charge is -2.25. The van der Waals surface area contributed by atoms with Crippen molar-refractivity contribution in [2.45, 2.75) is 19.9 Å². The van der Waals surface area contributed by atoms with Gasteiger partial charge in [0, 0.05) is 23.7 Å². The lowest BCUT2D eigenvalue weighted by atomic mass is 10.0. The van der Waals surface area contributed by atoms with Crippen LogP contribution in [0.15, 0.2) is 24.3 Å². The zero-order valence-electron chi connectivity index (χ0n) is 14.8. The third-order valence-corrected chi connectivity index (χ3v) is 5.54. The molecule has 0 saturated heterocycles. The fraction of sp³-hybridized carbons (Fsp3) is 0.333. The maximum Gasteiger partial charge on any atom is 0.324 e. The van der Waals surface area contributed by atoms with E-state index >= 15 is 0 Å². The second-order valence-corrected chi connectivity index (χ2v) is 7.10. The number of urea groups is 1. The Morgan fingerprint density at radius 1 is 1.27 bits per heavy atom. The number of ether oxygens (including phenoxy) is 1. The quantitative estimate of drug-likeness (QED) is 0.750. The molecule has 3 rings (SSSR count). The van der Waals surface area contributed by atoms with Crippen LogP contribution in [0.25, 0.3) is 0 Å². The molecule has 0 bridgehead atoms. The molecule has 0 unspecified atom stereocenters. The van der Waals surface area contributed by atoms with Gasteiger partial charge in [-0.25, -0.2) is 4.79 Å². The smallest absolute Gasteiger partial charge is 0.324 e. The molecule has 138 valence electrons. The van der Waals surface area contributed by atoms with Crippen LogP contribution in [0.1, 0.15) is 27.7 Å². The van der Waals surface area contributed by atoms with E-state index in [9.17, 15) is 9.59 Å². The Hall–Kier alpha value is -2.58. The standard InChI is InChI=1S/C18H22N4O3S/c1-3-22-9-8-13-14(10-22)26-17(15(13)16(19)23)21-18(24)20-11-4-6-12(25-2)7-5-11/h4-7H,3,8-10H2,1-2H3,(H2,19,23)(H2,20,21,24). The molecular formula is C18H22N4O3S. The van der Waals surface area contributed by atoms with E-state index in [4.69, 9.17) is 10.5 Å². The minimum absolute atomic E-state index is 0.413. The van der Waals surface area contributed by atoms with Crippen LogP contribution in [0.3, 0.4) is 0 Å². The van der Waals surface area contributed by atoms with E-state index in [0.29, 0.717) is 22.0 Å². The summed E-state index contributed by atoms with van der Waals surface area (Å²) in [6, 6.07) is 6.59. The number of rotatable bonds is 5. The molecule has 4 N–H and O–H groups in total. The van der Waals surface area contributed by atoms with Gasteiger partial charge in [0.15, 0.2) is 0 Å². The number of carbonyl (C=O) groups is 2. The molecule has 3 amide bonds. The van der Waals surface area contributed by atoms with Crippen molar-refractivity contribution >= 4 is 34.0 Å². The number of carbonyl (C=O) groups excluding carboxylic acids is 2. The molecule has 26 heavy (non-hydrogen) atoms. The predicted octanol–water partition coefficient (Wildman–Crippen LogP) is 2.88. The largest absolute Gasteiger partial charge is 0.497 e. The van der Waals surface area contributed by atoms with Crippen molar-refractivity contribution in [3.05, 3.63) is 40.3 Å². The van der Waals surface area contributed by atoms with Gasteiger partial charge in [0.25, 0.3) is 5.91 Å². The Morgan fingerprint density at radius 2 is 2.00 bits per heavy atom. The number of amides is 3. The van der Waals surface area contributed by atoms with Crippen LogP contribution < -0.4 is 21.1 Å². The first-order chi connectivity index (χ1) is 12.5. The number of hydrogen-bond acceptors (Lipinski definition) is 5. The lowest BCUT2D eigenvalue weighted by Crippen LogP contribution is -2.30. The summed E-state index contributed by atoms with van der Waals surface area (Å²) in [5.41, 5.74) is 7.61. The number of fused-ring (bicyclic) bond motifs is 1. The van der Waals surface area contributed by atoms with Crippen molar-refractivity contribution in [3.63, 3.8) is 0 Å². The van der Waals surface area contributed by atoms with Crippen molar-refractivity contribution in [1.82, 2.24) is 4.90 Å². The molecule has 1 aliphatic heterocycles. The summed E-state index contributed by atoms with van der Waals surface area (Å²) in [7, 11) is 1.58. The third-order valence-electron chi connectivity index (χ3n) is 4.40. The molecule has 7 nitrogen and oxygen atoms in total. The van der Waals surface area contributed by atoms with E-state index < -0.39 is 11.9 Å². The molecule has 0 saturated carbocycles. The first-order valence-corrected chi connectivity index (χ1v) is 9.22. The highest BCUT2D eigenvalue weighted by atomic mass is 32.1. The van der Waals surface area contributed by atoms with Gasteiger partial charge >= 0.3 is 6.03 Å². The molecule has 1 aromatic carbocycles. The van der Waals surface area contributed by atoms with Gasteiger partial charge in [-0.3, -0.25) is 15.0 Å². The van der Waals surface area contributed by atoms with Crippen LogP contribution in [-0.2, 0) is 13.0 Å². The maximum absolute atomic E-state index is 12.3. The summed E-state index contributed by atoms with van der Waals surface area (Å²) in [6.45, 7) is 4.72. The summed E-state index contributed by atoms with van der Waals surface area (Å²) in [4.78, 5) is 27.7. The number of primary amides is 1. The topological polar surface area (TPSA) is 96.7 Å². The number of methoxy groups -OCH3 is 1. The van der Waals surface area contributed by atoms with Crippen molar-refractivity contribution in [2.24, 2.45) is 5.73 Å². The molecule has 0 atom stereocenters. The fourth-order valence-electron chi connectivity index (χ4n) is 3.01. The average Bonchev–Trinajstić information content (AvgIpc) is 2.99. The first-order valence-electron chi connectivity index (χ1n) is 8.40. The van der Waals surface area contributed by atoms with E-state index in [0.717, 1.165) is 36.5 Å². The summed E-state index contributed by atoms with van der Waals surface area (Å²) < 4.78 is 5.09. The van der Waals surface area contributed by atoms with E-state index in [2.05, 4.69) is 22.5 Å². The molecule has 8 heteroatoms. The van der Waals surface area contributed by atoms with E-state index in [1.165, 1.54) is 11.3 Å². The molecule has 2 aromatic rings. The van der Waals surface area contributed by atoms with Gasteiger partial charge < -0.3 is 15.8 Å². The summed E-state index contributed by atoms with van der Waals surface area (Å²) in [5.74, 6) is 0.200. The maximum atomic E-state index is 12.3. The zero-order valence-corrected chi connectivity index (χ0v) is 15.6. The lowest BCUT2D eigenvalue weighted by molar-refractivity contribution is 0.1000. The van der Waals surface area contributed by atoms with Crippen molar-refractivity contribution in [2.75, 3.05) is 30.8 Å². The monoisotopic (exact) mass is 374 g/mol. The van der Waals surface area contributed by atoms with Crippen LogP contribution in [0, 0.1) is 0 Å². The molecule has 1 aromatic heterocycles. The normalized spacial score (nSPS) is 13.8. The molecule has 1 aliphatic rings.